The largest absolute Gasteiger partial charge is 0.398 e. The average molecular weight is 285 g/mol. The minimum Gasteiger partial charge on any atom is -0.398 e. The SMILES string of the molecule is CC(=O)N1CCC(c2cc(C3CC3)cc(N)c2C=N)CC1. The summed E-state index contributed by atoms with van der Waals surface area (Å²) >= 11 is 0. The third-order valence-corrected chi connectivity index (χ3v) is 4.84. The topological polar surface area (TPSA) is 70.2 Å². The van der Waals surface area contributed by atoms with Crippen LogP contribution in [0.1, 0.15) is 61.1 Å². The molecule has 0 radical (unpaired) electrons. The molecule has 4 nitrogen and oxygen atoms in total. The molecule has 21 heavy (non-hydrogen) atoms. The van der Waals surface area contributed by atoms with Crippen LogP contribution in [0.2, 0.25) is 0 Å². The van der Waals surface area contributed by atoms with Gasteiger partial charge in [-0.25, -0.2) is 0 Å². The number of carbonyl (C=O) groups excluding carboxylic acids is 1. The first kappa shape index (κ1) is 14.1. The van der Waals surface area contributed by atoms with Gasteiger partial charge in [0.1, 0.15) is 0 Å². The van der Waals surface area contributed by atoms with E-state index in [9.17, 15) is 4.79 Å². The van der Waals surface area contributed by atoms with Crippen molar-refractivity contribution < 1.29 is 4.79 Å². The van der Waals surface area contributed by atoms with Crippen LogP contribution in [0.5, 0.6) is 0 Å². The molecule has 0 unspecified atom stereocenters. The summed E-state index contributed by atoms with van der Waals surface area (Å²) in [6.45, 7) is 3.26. The van der Waals surface area contributed by atoms with E-state index in [1.807, 2.05) is 11.0 Å². The van der Waals surface area contributed by atoms with Crippen LogP contribution in [0.15, 0.2) is 12.1 Å². The minimum absolute atomic E-state index is 0.159. The predicted octanol–water partition coefficient (Wildman–Crippen LogP) is 2.87. The molecule has 1 aromatic rings. The van der Waals surface area contributed by atoms with Crippen molar-refractivity contribution in [3.8, 4) is 0 Å². The number of anilines is 1. The third kappa shape index (κ3) is 2.80. The lowest BCUT2D eigenvalue weighted by molar-refractivity contribution is -0.129. The molecular formula is C17H23N3O. The van der Waals surface area contributed by atoms with E-state index in [0.29, 0.717) is 11.8 Å². The number of nitrogens with two attached hydrogens (primary N) is 1. The Kier molecular flexibility index (Phi) is 3.70. The second-order valence-corrected chi connectivity index (χ2v) is 6.31. The highest BCUT2D eigenvalue weighted by molar-refractivity contribution is 5.87. The summed E-state index contributed by atoms with van der Waals surface area (Å²) in [5, 5.41) is 7.68. The van der Waals surface area contributed by atoms with Crippen molar-refractivity contribution in [3.63, 3.8) is 0 Å². The Labute approximate surface area is 125 Å². The quantitative estimate of drug-likeness (QED) is 0.662. The van der Waals surface area contributed by atoms with Gasteiger partial charge in [-0.3, -0.25) is 4.79 Å². The molecular weight excluding hydrogens is 262 g/mol. The van der Waals surface area contributed by atoms with Gasteiger partial charge in [0.25, 0.3) is 0 Å². The van der Waals surface area contributed by atoms with E-state index in [0.717, 1.165) is 37.2 Å². The van der Waals surface area contributed by atoms with Crippen LogP contribution in [0.25, 0.3) is 0 Å². The van der Waals surface area contributed by atoms with Crippen LogP contribution in [0, 0.1) is 5.41 Å². The van der Waals surface area contributed by atoms with Gasteiger partial charge in [-0.1, -0.05) is 6.07 Å². The number of hydrogen-bond acceptors (Lipinski definition) is 3. The van der Waals surface area contributed by atoms with Crippen molar-refractivity contribution in [3.05, 3.63) is 28.8 Å². The van der Waals surface area contributed by atoms with E-state index in [1.165, 1.54) is 30.2 Å². The maximum atomic E-state index is 11.4. The van der Waals surface area contributed by atoms with Gasteiger partial charge in [-0.15, -0.1) is 0 Å². The predicted molar refractivity (Wildman–Crippen MR) is 84.9 cm³/mol. The standard InChI is InChI=1S/C17H23N3O/c1-11(21)20-6-4-13(5-7-20)15-8-14(12-2-3-12)9-17(19)16(15)10-18/h8-10,12-13,18H,2-7,19H2,1H3. The lowest BCUT2D eigenvalue weighted by Crippen LogP contribution is -2.36. The van der Waals surface area contributed by atoms with Gasteiger partial charge in [0, 0.05) is 37.5 Å². The monoisotopic (exact) mass is 285 g/mol. The minimum atomic E-state index is 0.159. The number of nitrogens with zero attached hydrogens (tertiary/aromatic N) is 1. The molecule has 112 valence electrons. The van der Waals surface area contributed by atoms with Crippen molar-refractivity contribution >= 4 is 17.8 Å². The highest BCUT2D eigenvalue weighted by Gasteiger charge is 2.28. The van der Waals surface area contributed by atoms with Gasteiger partial charge >= 0.3 is 0 Å². The summed E-state index contributed by atoms with van der Waals surface area (Å²) in [4.78, 5) is 13.4. The first-order valence-electron chi connectivity index (χ1n) is 7.79. The molecule has 0 spiro atoms. The van der Waals surface area contributed by atoms with Crippen molar-refractivity contribution in [1.82, 2.24) is 4.90 Å². The fourth-order valence-corrected chi connectivity index (χ4v) is 3.39. The van der Waals surface area contributed by atoms with Gasteiger partial charge in [-0.05, 0) is 54.7 Å². The molecule has 1 aromatic carbocycles. The van der Waals surface area contributed by atoms with Crippen molar-refractivity contribution in [1.29, 1.82) is 5.41 Å². The number of carbonyl (C=O) groups is 1. The highest BCUT2D eigenvalue weighted by atomic mass is 16.2. The Balaban J connectivity index is 1.87. The van der Waals surface area contributed by atoms with Gasteiger partial charge in [0.2, 0.25) is 5.91 Å². The summed E-state index contributed by atoms with van der Waals surface area (Å²) in [5.41, 5.74) is 10.3. The molecule has 4 heteroatoms. The molecule has 1 amide bonds. The summed E-state index contributed by atoms with van der Waals surface area (Å²) in [6, 6.07) is 4.31. The number of likely N-dealkylation sites (tertiary alicyclic amines) is 1. The number of rotatable bonds is 3. The van der Waals surface area contributed by atoms with E-state index in [2.05, 4.69) is 6.07 Å². The molecule has 1 saturated carbocycles. The molecule has 1 aliphatic heterocycles. The Morgan fingerprint density at radius 3 is 2.43 bits per heavy atom. The number of nitrogen functional groups attached to an aromatic ring is 1. The molecule has 3 rings (SSSR count). The Morgan fingerprint density at radius 1 is 1.24 bits per heavy atom. The second kappa shape index (κ2) is 5.51. The smallest absolute Gasteiger partial charge is 0.219 e. The van der Waals surface area contributed by atoms with Crippen LogP contribution in [0.3, 0.4) is 0 Å². The maximum absolute atomic E-state index is 11.4. The highest BCUT2D eigenvalue weighted by Crippen LogP contribution is 2.43. The number of benzene rings is 1. The molecule has 1 aliphatic carbocycles. The molecule has 0 bridgehead atoms. The fourth-order valence-electron chi connectivity index (χ4n) is 3.39. The van der Waals surface area contributed by atoms with Gasteiger partial charge in [0.05, 0.1) is 0 Å². The van der Waals surface area contributed by atoms with Crippen LogP contribution < -0.4 is 5.73 Å². The lowest BCUT2D eigenvalue weighted by atomic mass is 9.84. The van der Waals surface area contributed by atoms with E-state index >= 15 is 0 Å². The van der Waals surface area contributed by atoms with E-state index < -0.39 is 0 Å². The molecule has 0 aromatic heterocycles. The molecule has 1 saturated heterocycles. The fraction of sp³-hybridized carbons (Fsp3) is 0.529. The summed E-state index contributed by atoms with van der Waals surface area (Å²) in [7, 11) is 0. The molecule has 3 N–H and O–H groups in total. The number of amides is 1. The molecule has 0 atom stereocenters. The Morgan fingerprint density at radius 2 is 1.90 bits per heavy atom. The van der Waals surface area contributed by atoms with Gasteiger partial charge in [-0.2, -0.15) is 0 Å². The normalized spacial score (nSPS) is 19.6. The zero-order valence-electron chi connectivity index (χ0n) is 12.6. The van der Waals surface area contributed by atoms with Crippen LogP contribution in [0.4, 0.5) is 5.69 Å². The summed E-state index contributed by atoms with van der Waals surface area (Å²) < 4.78 is 0. The summed E-state index contributed by atoms with van der Waals surface area (Å²) in [6.07, 6.45) is 5.83. The first-order chi connectivity index (χ1) is 10.1. The van der Waals surface area contributed by atoms with Crippen LogP contribution in [-0.2, 0) is 4.79 Å². The van der Waals surface area contributed by atoms with Crippen molar-refractivity contribution in [2.24, 2.45) is 0 Å². The zero-order valence-corrected chi connectivity index (χ0v) is 12.6. The van der Waals surface area contributed by atoms with Crippen LogP contribution in [-0.4, -0.2) is 30.1 Å². The van der Waals surface area contributed by atoms with E-state index in [4.69, 9.17) is 11.1 Å². The van der Waals surface area contributed by atoms with Crippen molar-refractivity contribution in [2.75, 3.05) is 18.8 Å². The maximum Gasteiger partial charge on any atom is 0.219 e. The van der Waals surface area contributed by atoms with Gasteiger partial charge in [0.15, 0.2) is 0 Å². The average Bonchev–Trinajstić information content (AvgIpc) is 3.31. The first-order valence-corrected chi connectivity index (χ1v) is 7.79. The number of hydrogen-bond donors (Lipinski definition) is 2. The molecule has 2 fully saturated rings. The van der Waals surface area contributed by atoms with Gasteiger partial charge < -0.3 is 16.0 Å². The zero-order chi connectivity index (χ0) is 15.0. The van der Waals surface area contributed by atoms with Crippen LogP contribution >= 0.6 is 0 Å². The van der Waals surface area contributed by atoms with Crippen molar-refractivity contribution in [2.45, 2.75) is 44.4 Å². The Bertz CT molecular complexity index is 570. The molecule has 2 aliphatic rings. The number of piperidine rings is 1. The summed E-state index contributed by atoms with van der Waals surface area (Å²) in [5.74, 6) is 1.24. The van der Waals surface area contributed by atoms with E-state index in [1.54, 1.807) is 6.92 Å². The molecule has 1 heterocycles. The second-order valence-electron chi connectivity index (χ2n) is 6.31. The third-order valence-electron chi connectivity index (χ3n) is 4.84. The Hall–Kier alpha value is -1.84. The lowest BCUT2D eigenvalue weighted by Gasteiger charge is -2.32. The van der Waals surface area contributed by atoms with E-state index in [-0.39, 0.29) is 5.91 Å². The number of nitrogens with one attached hydrogen (secondary N) is 1.